The van der Waals surface area contributed by atoms with Crippen molar-refractivity contribution < 1.29 is 14.3 Å². The Balaban J connectivity index is 2.05. The van der Waals surface area contributed by atoms with Crippen molar-refractivity contribution in [1.29, 1.82) is 0 Å². The Labute approximate surface area is 134 Å². The molecule has 0 unspecified atom stereocenters. The molecule has 1 amide bonds. The van der Waals surface area contributed by atoms with Gasteiger partial charge < -0.3 is 4.74 Å². The summed E-state index contributed by atoms with van der Waals surface area (Å²) in [5, 5.41) is 12.0. The molecule has 120 valence electrons. The number of nitrogens with one attached hydrogen (secondary N) is 1. The van der Waals surface area contributed by atoms with Crippen molar-refractivity contribution in [1.82, 2.24) is 10.2 Å². The SMILES string of the molecule is CCC[C@H](C)c1nnc(NC(=O)C2=CC(=O)CC(C)(C)O2)s1. The first kappa shape index (κ1) is 16.6. The molecule has 1 N–H and O–H groups in total. The average Bonchev–Trinajstić information content (AvgIpc) is 2.85. The van der Waals surface area contributed by atoms with Gasteiger partial charge in [0.15, 0.2) is 11.5 Å². The number of hydrogen-bond donors (Lipinski definition) is 1. The van der Waals surface area contributed by atoms with Gasteiger partial charge in [-0.1, -0.05) is 31.6 Å². The Morgan fingerprint density at radius 1 is 1.50 bits per heavy atom. The van der Waals surface area contributed by atoms with Crippen LogP contribution in [0.3, 0.4) is 0 Å². The third-order valence-corrected chi connectivity index (χ3v) is 4.38. The van der Waals surface area contributed by atoms with Crippen LogP contribution in [-0.2, 0) is 14.3 Å². The lowest BCUT2D eigenvalue weighted by Gasteiger charge is -2.29. The van der Waals surface area contributed by atoms with E-state index in [1.54, 1.807) is 13.8 Å². The zero-order valence-electron chi connectivity index (χ0n) is 13.3. The van der Waals surface area contributed by atoms with Crippen LogP contribution in [0.4, 0.5) is 5.13 Å². The standard InChI is InChI=1S/C15H21N3O3S/c1-5-6-9(2)13-17-18-14(22-13)16-12(20)11-7-10(19)8-15(3,4)21-11/h7,9H,5-6,8H2,1-4H3,(H,16,18,20)/t9-/m0/s1. The second-order valence-corrected chi connectivity index (χ2v) is 7.11. The first-order chi connectivity index (χ1) is 10.3. The van der Waals surface area contributed by atoms with Crippen LogP contribution in [0, 0.1) is 0 Å². The summed E-state index contributed by atoms with van der Waals surface area (Å²) < 4.78 is 5.56. The molecule has 1 aromatic heterocycles. The van der Waals surface area contributed by atoms with Crippen molar-refractivity contribution in [3.05, 3.63) is 16.8 Å². The molecule has 0 saturated carbocycles. The summed E-state index contributed by atoms with van der Waals surface area (Å²) in [4.78, 5) is 23.8. The number of ether oxygens (including phenoxy) is 1. The molecule has 0 radical (unpaired) electrons. The number of aromatic nitrogens is 2. The van der Waals surface area contributed by atoms with Gasteiger partial charge >= 0.3 is 0 Å². The van der Waals surface area contributed by atoms with Crippen LogP contribution in [0.5, 0.6) is 0 Å². The number of carbonyl (C=O) groups is 2. The summed E-state index contributed by atoms with van der Waals surface area (Å²) in [6, 6.07) is 0. The fourth-order valence-corrected chi connectivity index (χ4v) is 3.12. The molecule has 2 heterocycles. The molecule has 22 heavy (non-hydrogen) atoms. The van der Waals surface area contributed by atoms with E-state index < -0.39 is 11.5 Å². The molecular formula is C15H21N3O3S. The van der Waals surface area contributed by atoms with Gasteiger partial charge in [0.05, 0.1) is 0 Å². The smallest absolute Gasteiger partial charge is 0.292 e. The third kappa shape index (κ3) is 4.13. The Kier molecular flexibility index (Phi) is 4.95. The number of ketones is 1. The molecule has 1 aromatic rings. The van der Waals surface area contributed by atoms with Crippen LogP contribution in [0.1, 0.15) is 57.9 Å². The van der Waals surface area contributed by atoms with Crippen LogP contribution in [0.25, 0.3) is 0 Å². The van der Waals surface area contributed by atoms with Gasteiger partial charge in [-0.05, 0) is 20.3 Å². The molecular weight excluding hydrogens is 302 g/mol. The van der Waals surface area contributed by atoms with Gasteiger partial charge in [0.25, 0.3) is 5.91 Å². The van der Waals surface area contributed by atoms with Gasteiger partial charge in [-0.15, -0.1) is 10.2 Å². The number of hydrogen-bond acceptors (Lipinski definition) is 6. The Hall–Kier alpha value is -1.76. The van der Waals surface area contributed by atoms with Crippen molar-refractivity contribution in [2.24, 2.45) is 0 Å². The third-order valence-electron chi connectivity index (χ3n) is 3.31. The second kappa shape index (κ2) is 6.56. The molecule has 7 heteroatoms. The largest absolute Gasteiger partial charge is 0.481 e. The highest BCUT2D eigenvalue weighted by Crippen LogP contribution is 2.28. The average molecular weight is 323 g/mol. The molecule has 0 fully saturated rings. The molecule has 0 aliphatic carbocycles. The lowest BCUT2D eigenvalue weighted by molar-refractivity contribution is -0.128. The van der Waals surface area contributed by atoms with E-state index in [2.05, 4.69) is 29.4 Å². The number of allylic oxidation sites excluding steroid dienone is 1. The van der Waals surface area contributed by atoms with E-state index in [-0.39, 0.29) is 18.0 Å². The number of nitrogens with zero attached hydrogens (tertiary/aromatic N) is 2. The van der Waals surface area contributed by atoms with Crippen LogP contribution in [0.15, 0.2) is 11.8 Å². The summed E-state index contributed by atoms with van der Waals surface area (Å²) in [7, 11) is 0. The minimum absolute atomic E-state index is 0.0274. The molecule has 0 spiro atoms. The fraction of sp³-hybridized carbons (Fsp3) is 0.600. The minimum Gasteiger partial charge on any atom is -0.481 e. The number of rotatable bonds is 5. The minimum atomic E-state index is -0.666. The van der Waals surface area contributed by atoms with E-state index in [4.69, 9.17) is 4.74 Å². The molecule has 0 bridgehead atoms. The first-order valence-corrected chi connectivity index (χ1v) is 8.20. The summed E-state index contributed by atoms with van der Waals surface area (Å²) in [6.45, 7) is 7.76. The molecule has 1 atom stereocenters. The van der Waals surface area contributed by atoms with Crippen molar-refractivity contribution in [2.45, 2.75) is 58.5 Å². The van der Waals surface area contributed by atoms with Crippen molar-refractivity contribution in [2.75, 3.05) is 5.32 Å². The zero-order valence-corrected chi connectivity index (χ0v) is 14.1. The predicted molar refractivity (Wildman–Crippen MR) is 84.7 cm³/mol. The maximum atomic E-state index is 12.2. The molecule has 0 aromatic carbocycles. The predicted octanol–water partition coefficient (Wildman–Crippen LogP) is 3.03. The molecule has 6 nitrogen and oxygen atoms in total. The van der Waals surface area contributed by atoms with E-state index >= 15 is 0 Å². The maximum absolute atomic E-state index is 12.2. The summed E-state index contributed by atoms with van der Waals surface area (Å²) in [5.74, 6) is -0.235. The summed E-state index contributed by atoms with van der Waals surface area (Å²) in [6.07, 6.45) is 3.60. The van der Waals surface area contributed by atoms with E-state index in [0.717, 1.165) is 17.8 Å². The molecule has 1 aliphatic rings. The quantitative estimate of drug-likeness (QED) is 0.900. The first-order valence-electron chi connectivity index (χ1n) is 7.39. The molecule has 2 rings (SSSR count). The van der Waals surface area contributed by atoms with Crippen LogP contribution >= 0.6 is 11.3 Å². The van der Waals surface area contributed by atoms with Gasteiger partial charge in [-0.3, -0.25) is 14.9 Å². The van der Waals surface area contributed by atoms with Gasteiger partial charge in [-0.2, -0.15) is 0 Å². The summed E-state index contributed by atoms with van der Waals surface area (Å²) in [5.41, 5.74) is -0.666. The van der Waals surface area contributed by atoms with Crippen LogP contribution < -0.4 is 5.32 Å². The number of carbonyl (C=O) groups excluding carboxylic acids is 2. The highest BCUT2D eigenvalue weighted by atomic mass is 32.1. The lowest BCUT2D eigenvalue weighted by atomic mass is 9.98. The van der Waals surface area contributed by atoms with Crippen molar-refractivity contribution >= 4 is 28.2 Å². The van der Waals surface area contributed by atoms with Crippen LogP contribution in [-0.4, -0.2) is 27.5 Å². The van der Waals surface area contributed by atoms with E-state index in [1.165, 1.54) is 17.4 Å². The van der Waals surface area contributed by atoms with Crippen molar-refractivity contribution in [3.8, 4) is 0 Å². The Bertz CT molecular complexity index is 607. The normalized spacial score (nSPS) is 18.4. The van der Waals surface area contributed by atoms with E-state index in [1.807, 2.05) is 0 Å². The monoisotopic (exact) mass is 323 g/mol. The maximum Gasteiger partial charge on any atom is 0.292 e. The molecule has 0 saturated heterocycles. The van der Waals surface area contributed by atoms with Crippen molar-refractivity contribution in [3.63, 3.8) is 0 Å². The fourth-order valence-electron chi connectivity index (χ4n) is 2.29. The zero-order chi connectivity index (χ0) is 16.3. The lowest BCUT2D eigenvalue weighted by Crippen LogP contribution is -2.34. The van der Waals surface area contributed by atoms with Gasteiger partial charge in [0, 0.05) is 18.4 Å². The highest BCUT2D eigenvalue weighted by Gasteiger charge is 2.32. The van der Waals surface area contributed by atoms with E-state index in [0.29, 0.717) is 11.0 Å². The van der Waals surface area contributed by atoms with Gasteiger partial charge in [-0.25, -0.2) is 0 Å². The Morgan fingerprint density at radius 3 is 2.86 bits per heavy atom. The van der Waals surface area contributed by atoms with E-state index in [9.17, 15) is 9.59 Å². The number of anilines is 1. The highest BCUT2D eigenvalue weighted by molar-refractivity contribution is 7.15. The van der Waals surface area contributed by atoms with Gasteiger partial charge in [0.1, 0.15) is 10.6 Å². The van der Waals surface area contributed by atoms with Crippen LogP contribution in [0.2, 0.25) is 0 Å². The van der Waals surface area contributed by atoms with Gasteiger partial charge in [0.2, 0.25) is 5.13 Å². The Morgan fingerprint density at radius 2 is 2.23 bits per heavy atom. The second-order valence-electron chi connectivity index (χ2n) is 6.10. The number of amides is 1. The summed E-state index contributed by atoms with van der Waals surface area (Å²) >= 11 is 1.35. The molecule has 1 aliphatic heterocycles. The topological polar surface area (TPSA) is 81.2 Å².